The van der Waals surface area contributed by atoms with Gasteiger partial charge in [-0.1, -0.05) is 30.3 Å². The first-order chi connectivity index (χ1) is 8.50. The number of amides is 1. The second kappa shape index (κ2) is 6.59. The van der Waals surface area contributed by atoms with Gasteiger partial charge in [0.15, 0.2) is 0 Å². The predicted molar refractivity (Wildman–Crippen MR) is 68.9 cm³/mol. The molecule has 1 N–H and O–H groups in total. The molecule has 0 aliphatic carbocycles. The normalized spacial score (nSPS) is 10.8. The Kier molecular flexibility index (Phi) is 5.11. The van der Waals surface area contributed by atoms with Gasteiger partial charge in [0.05, 0.1) is 0 Å². The van der Waals surface area contributed by atoms with Crippen LogP contribution in [0.1, 0.15) is 19.4 Å². The smallest absolute Gasteiger partial charge is 0.328 e. The molecule has 0 aliphatic rings. The summed E-state index contributed by atoms with van der Waals surface area (Å²) < 4.78 is 0. The fourth-order valence-electron chi connectivity index (χ4n) is 1.53. The monoisotopic (exact) mass is 247 g/mol. The molecule has 0 aliphatic heterocycles. The lowest BCUT2D eigenvalue weighted by Gasteiger charge is -2.25. The Bertz CT molecular complexity index is 438. The van der Waals surface area contributed by atoms with Crippen LogP contribution in [0.25, 0.3) is 0 Å². The average Bonchev–Trinajstić information content (AvgIpc) is 2.34. The van der Waals surface area contributed by atoms with Crippen LogP contribution < -0.4 is 0 Å². The van der Waals surface area contributed by atoms with Gasteiger partial charge < -0.3 is 10.0 Å². The van der Waals surface area contributed by atoms with Gasteiger partial charge in [0.1, 0.15) is 0 Å². The van der Waals surface area contributed by atoms with E-state index in [1.54, 1.807) is 4.90 Å². The quantitative estimate of drug-likeness (QED) is 0.810. The number of hydrogen-bond donors (Lipinski definition) is 1. The largest absolute Gasteiger partial charge is 0.478 e. The van der Waals surface area contributed by atoms with E-state index >= 15 is 0 Å². The molecular weight excluding hydrogens is 230 g/mol. The summed E-state index contributed by atoms with van der Waals surface area (Å²) in [6.45, 7) is 4.27. The van der Waals surface area contributed by atoms with Crippen LogP contribution in [0.4, 0.5) is 0 Å². The highest BCUT2D eigenvalue weighted by molar-refractivity contribution is 5.94. The van der Waals surface area contributed by atoms with Gasteiger partial charge in [-0.25, -0.2) is 4.79 Å². The summed E-state index contributed by atoms with van der Waals surface area (Å²) in [4.78, 5) is 23.9. The summed E-state index contributed by atoms with van der Waals surface area (Å²) in [6, 6.07) is 9.61. The molecule has 0 saturated carbocycles. The zero-order valence-electron chi connectivity index (χ0n) is 10.5. The van der Waals surface area contributed by atoms with Crippen molar-refractivity contribution < 1.29 is 14.7 Å². The molecular formula is C14H17NO3. The topological polar surface area (TPSA) is 57.6 Å². The molecule has 0 fully saturated rings. The Balaban J connectivity index is 2.77. The van der Waals surface area contributed by atoms with Crippen molar-refractivity contribution in [3.05, 3.63) is 48.0 Å². The van der Waals surface area contributed by atoms with Gasteiger partial charge in [-0.2, -0.15) is 0 Å². The third-order valence-electron chi connectivity index (χ3n) is 2.47. The molecule has 0 unspecified atom stereocenters. The minimum Gasteiger partial charge on any atom is -0.478 e. The van der Waals surface area contributed by atoms with Crippen LogP contribution in [0.5, 0.6) is 0 Å². The van der Waals surface area contributed by atoms with Gasteiger partial charge in [0, 0.05) is 24.7 Å². The van der Waals surface area contributed by atoms with Crippen LogP contribution in [0.3, 0.4) is 0 Å². The van der Waals surface area contributed by atoms with Crippen molar-refractivity contribution in [3.8, 4) is 0 Å². The maximum atomic E-state index is 11.9. The van der Waals surface area contributed by atoms with E-state index in [1.165, 1.54) is 0 Å². The summed E-state index contributed by atoms with van der Waals surface area (Å²) in [5.74, 6) is -1.41. The predicted octanol–water partition coefficient (Wildman–Crippen LogP) is 2.06. The molecule has 0 atom stereocenters. The third-order valence-corrected chi connectivity index (χ3v) is 2.47. The zero-order chi connectivity index (χ0) is 13.5. The molecule has 1 aromatic rings. The molecule has 0 aromatic heterocycles. The summed E-state index contributed by atoms with van der Waals surface area (Å²) in [7, 11) is 0. The summed E-state index contributed by atoms with van der Waals surface area (Å²) >= 11 is 0. The Hall–Kier alpha value is -2.10. The first-order valence-corrected chi connectivity index (χ1v) is 5.76. The van der Waals surface area contributed by atoms with Crippen LogP contribution in [-0.4, -0.2) is 27.9 Å². The summed E-state index contributed by atoms with van der Waals surface area (Å²) in [6.07, 6.45) is 1.95. The Morgan fingerprint density at radius 1 is 1.22 bits per heavy atom. The second-order valence-electron chi connectivity index (χ2n) is 4.22. The first kappa shape index (κ1) is 14.0. The number of hydrogen-bond acceptors (Lipinski definition) is 2. The number of carboxylic acids is 1. The molecule has 1 amide bonds. The zero-order valence-corrected chi connectivity index (χ0v) is 10.5. The van der Waals surface area contributed by atoms with E-state index in [0.29, 0.717) is 6.54 Å². The van der Waals surface area contributed by atoms with Crippen LogP contribution in [0.15, 0.2) is 42.5 Å². The second-order valence-corrected chi connectivity index (χ2v) is 4.22. The van der Waals surface area contributed by atoms with Crippen molar-refractivity contribution in [1.82, 2.24) is 4.90 Å². The highest BCUT2D eigenvalue weighted by atomic mass is 16.4. The fourth-order valence-corrected chi connectivity index (χ4v) is 1.53. The standard InChI is InChI=1S/C14H17NO3/c1-11(2)15(13(16)8-9-14(17)18)10-12-6-4-3-5-7-12/h3-9,11H,10H2,1-2H3,(H,17,18)/b9-8+. The van der Waals surface area contributed by atoms with E-state index in [1.807, 2.05) is 44.2 Å². The minimum absolute atomic E-state index is 0.0103. The molecule has 0 radical (unpaired) electrons. The van der Waals surface area contributed by atoms with E-state index in [2.05, 4.69) is 0 Å². The Morgan fingerprint density at radius 2 is 1.83 bits per heavy atom. The van der Waals surface area contributed by atoms with Crippen molar-refractivity contribution >= 4 is 11.9 Å². The SMILES string of the molecule is CC(C)N(Cc1ccccc1)C(=O)/C=C/C(=O)O. The van der Waals surface area contributed by atoms with Crippen molar-refractivity contribution in [2.24, 2.45) is 0 Å². The molecule has 1 aromatic carbocycles. The molecule has 96 valence electrons. The summed E-state index contributed by atoms with van der Waals surface area (Å²) in [5, 5.41) is 8.51. The molecule has 0 saturated heterocycles. The van der Waals surface area contributed by atoms with Crippen LogP contribution >= 0.6 is 0 Å². The van der Waals surface area contributed by atoms with Crippen LogP contribution in [0, 0.1) is 0 Å². The Morgan fingerprint density at radius 3 is 2.33 bits per heavy atom. The van der Waals surface area contributed by atoms with E-state index in [0.717, 1.165) is 17.7 Å². The minimum atomic E-state index is -1.12. The number of benzene rings is 1. The van der Waals surface area contributed by atoms with Crippen molar-refractivity contribution in [2.75, 3.05) is 0 Å². The van der Waals surface area contributed by atoms with E-state index < -0.39 is 5.97 Å². The van der Waals surface area contributed by atoms with Gasteiger partial charge in [-0.15, -0.1) is 0 Å². The first-order valence-electron chi connectivity index (χ1n) is 5.76. The fraction of sp³-hybridized carbons (Fsp3) is 0.286. The highest BCUT2D eigenvalue weighted by Crippen LogP contribution is 2.09. The van der Waals surface area contributed by atoms with Gasteiger partial charge >= 0.3 is 5.97 Å². The number of rotatable bonds is 5. The number of nitrogens with zero attached hydrogens (tertiary/aromatic N) is 1. The average molecular weight is 247 g/mol. The van der Waals surface area contributed by atoms with Crippen molar-refractivity contribution in [2.45, 2.75) is 26.4 Å². The maximum Gasteiger partial charge on any atom is 0.328 e. The Labute approximate surface area is 107 Å². The lowest BCUT2D eigenvalue weighted by molar-refractivity contribution is -0.132. The van der Waals surface area contributed by atoms with E-state index in [4.69, 9.17) is 5.11 Å². The van der Waals surface area contributed by atoms with Crippen molar-refractivity contribution in [1.29, 1.82) is 0 Å². The van der Waals surface area contributed by atoms with E-state index in [-0.39, 0.29) is 11.9 Å². The molecule has 0 heterocycles. The van der Waals surface area contributed by atoms with Gasteiger partial charge in [0.25, 0.3) is 0 Å². The molecule has 4 nitrogen and oxygen atoms in total. The maximum absolute atomic E-state index is 11.9. The molecule has 0 spiro atoms. The highest BCUT2D eigenvalue weighted by Gasteiger charge is 2.14. The lowest BCUT2D eigenvalue weighted by Crippen LogP contribution is -2.35. The lowest BCUT2D eigenvalue weighted by atomic mass is 10.2. The number of aliphatic carboxylic acids is 1. The molecule has 4 heteroatoms. The van der Waals surface area contributed by atoms with Gasteiger partial charge in [-0.05, 0) is 19.4 Å². The van der Waals surface area contributed by atoms with Gasteiger partial charge in [0.2, 0.25) is 5.91 Å². The third kappa shape index (κ3) is 4.41. The van der Waals surface area contributed by atoms with Crippen molar-refractivity contribution in [3.63, 3.8) is 0 Å². The van der Waals surface area contributed by atoms with E-state index in [9.17, 15) is 9.59 Å². The van der Waals surface area contributed by atoms with Gasteiger partial charge in [-0.3, -0.25) is 4.79 Å². The summed E-state index contributed by atoms with van der Waals surface area (Å²) in [5.41, 5.74) is 1.02. The molecule has 18 heavy (non-hydrogen) atoms. The number of carbonyl (C=O) groups excluding carboxylic acids is 1. The van der Waals surface area contributed by atoms with Crippen LogP contribution in [0.2, 0.25) is 0 Å². The molecule has 1 rings (SSSR count). The van der Waals surface area contributed by atoms with Crippen LogP contribution in [-0.2, 0) is 16.1 Å². The molecule has 0 bridgehead atoms. The number of carboxylic acid groups (broad SMARTS) is 1. The number of carbonyl (C=O) groups is 2.